The van der Waals surface area contributed by atoms with Gasteiger partial charge in [0.2, 0.25) is 0 Å². The number of benzene rings is 3. The number of hydrogen-bond donors (Lipinski definition) is 1. The normalized spacial score (nSPS) is 10.7. The van der Waals surface area contributed by atoms with Crippen LogP contribution in [-0.2, 0) is 13.2 Å². The molecule has 0 aliphatic rings. The first-order valence-electron chi connectivity index (χ1n) is 8.58. The first kappa shape index (κ1) is 20.2. The molecule has 0 saturated carbocycles. The van der Waals surface area contributed by atoms with E-state index in [0.29, 0.717) is 13.2 Å². The Kier molecular flexibility index (Phi) is 6.85. The Morgan fingerprint density at radius 1 is 0.963 bits per heavy atom. The van der Waals surface area contributed by atoms with Gasteiger partial charge in [-0.25, -0.2) is 0 Å². The molecule has 3 aromatic rings. The van der Waals surface area contributed by atoms with Crippen LogP contribution >= 0.6 is 43.5 Å². The molecule has 2 nitrogen and oxygen atoms in total. The van der Waals surface area contributed by atoms with Crippen LogP contribution in [0.3, 0.4) is 0 Å². The Labute approximate surface area is 182 Å². The molecule has 0 fully saturated rings. The second-order valence-corrected chi connectivity index (χ2v) is 8.67. The summed E-state index contributed by atoms with van der Waals surface area (Å²) in [6.45, 7) is 5.36. The molecule has 140 valence electrons. The molecule has 0 atom stereocenters. The van der Waals surface area contributed by atoms with Crippen LogP contribution in [0.4, 0.5) is 5.69 Å². The van der Waals surface area contributed by atoms with Gasteiger partial charge in [0.15, 0.2) is 0 Å². The lowest BCUT2D eigenvalue weighted by molar-refractivity contribution is 0.301. The highest BCUT2D eigenvalue weighted by Gasteiger charge is 2.11. The minimum absolute atomic E-state index is 0.480. The molecule has 5 heteroatoms. The van der Waals surface area contributed by atoms with Gasteiger partial charge >= 0.3 is 0 Å². The number of halogens is 3. The lowest BCUT2D eigenvalue weighted by Gasteiger charge is -2.16. The standard InChI is InChI=1S/C22H20Br2ClNO/c1-14-3-8-21(15(2)9-14)26-12-17-10-18(23)11-20(24)22(17)27-13-16-4-6-19(25)7-5-16/h3-11,26H,12-13H2,1-2H3. The highest BCUT2D eigenvalue weighted by molar-refractivity contribution is 9.11. The molecule has 0 radical (unpaired) electrons. The summed E-state index contributed by atoms with van der Waals surface area (Å²) in [4.78, 5) is 0. The van der Waals surface area contributed by atoms with Crippen molar-refractivity contribution in [3.05, 3.63) is 90.8 Å². The van der Waals surface area contributed by atoms with E-state index in [1.165, 1.54) is 11.1 Å². The Morgan fingerprint density at radius 2 is 1.70 bits per heavy atom. The van der Waals surface area contributed by atoms with E-state index >= 15 is 0 Å². The quantitative estimate of drug-likeness (QED) is 0.368. The monoisotopic (exact) mass is 507 g/mol. The SMILES string of the molecule is Cc1ccc(NCc2cc(Br)cc(Br)c2OCc2ccc(Cl)cc2)c(C)c1. The molecule has 3 aromatic carbocycles. The molecule has 3 rings (SSSR count). The van der Waals surface area contributed by atoms with Crippen LogP contribution in [0.25, 0.3) is 0 Å². The van der Waals surface area contributed by atoms with E-state index in [0.717, 1.165) is 36.5 Å². The highest BCUT2D eigenvalue weighted by Crippen LogP contribution is 2.34. The lowest BCUT2D eigenvalue weighted by Crippen LogP contribution is -2.05. The summed E-state index contributed by atoms with van der Waals surface area (Å²) in [6, 6.07) is 18.2. The van der Waals surface area contributed by atoms with E-state index < -0.39 is 0 Å². The summed E-state index contributed by atoms with van der Waals surface area (Å²) >= 11 is 13.2. The Hall–Kier alpha value is -1.49. The molecule has 0 unspecified atom stereocenters. The number of ether oxygens (including phenoxy) is 1. The number of anilines is 1. The number of aryl methyl sites for hydroxylation is 2. The smallest absolute Gasteiger partial charge is 0.139 e. The lowest BCUT2D eigenvalue weighted by atomic mass is 10.1. The van der Waals surface area contributed by atoms with Crippen molar-refractivity contribution in [1.29, 1.82) is 0 Å². The first-order chi connectivity index (χ1) is 12.9. The maximum absolute atomic E-state index is 6.14. The van der Waals surface area contributed by atoms with Crippen LogP contribution in [-0.4, -0.2) is 0 Å². The van der Waals surface area contributed by atoms with Gasteiger partial charge in [-0.2, -0.15) is 0 Å². The predicted molar refractivity (Wildman–Crippen MR) is 121 cm³/mol. The molecule has 0 aromatic heterocycles. The third kappa shape index (κ3) is 5.50. The zero-order chi connectivity index (χ0) is 19.4. The zero-order valence-electron chi connectivity index (χ0n) is 15.2. The maximum atomic E-state index is 6.14. The molecule has 1 N–H and O–H groups in total. The second kappa shape index (κ2) is 9.13. The summed E-state index contributed by atoms with van der Waals surface area (Å²) in [6.07, 6.45) is 0. The average Bonchev–Trinajstić information content (AvgIpc) is 2.61. The van der Waals surface area contributed by atoms with E-state index in [4.69, 9.17) is 16.3 Å². The minimum Gasteiger partial charge on any atom is -0.487 e. The van der Waals surface area contributed by atoms with Gasteiger partial charge in [0.25, 0.3) is 0 Å². The van der Waals surface area contributed by atoms with Crippen molar-refractivity contribution >= 4 is 49.1 Å². The average molecular weight is 510 g/mol. The predicted octanol–water partition coefficient (Wildman–Crippen LogP) is 7.67. The molecule has 0 aliphatic heterocycles. The summed E-state index contributed by atoms with van der Waals surface area (Å²) in [5.41, 5.74) is 5.76. The van der Waals surface area contributed by atoms with Gasteiger partial charge in [-0.3, -0.25) is 0 Å². The van der Waals surface area contributed by atoms with Gasteiger partial charge in [-0.15, -0.1) is 0 Å². The van der Waals surface area contributed by atoms with Crippen LogP contribution in [0.15, 0.2) is 63.5 Å². The summed E-state index contributed by atoms with van der Waals surface area (Å²) in [5.74, 6) is 0.838. The first-order valence-corrected chi connectivity index (χ1v) is 10.5. The summed E-state index contributed by atoms with van der Waals surface area (Å²) in [7, 11) is 0. The van der Waals surface area contributed by atoms with Crippen molar-refractivity contribution in [3.63, 3.8) is 0 Å². The van der Waals surface area contributed by atoms with E-state index in [1.807, 2.05) is 30.3 Å². The van der Waals surface area contributed by atoms with E-state index in [9.17, 15) is 0 Å². The van der Waals surface area contributed by atoms with E-state index in [1.54, 1.807) is 0 Å². The summed E-state index contributed by atoms with van der Waals surface area (Å²) in [5, 5.41) is 4.24. The molecular weight excluding hydrogens is 490 g/mol. The van der Waals surface area contributed by atoms with Gasteiger partial charge in [-0.05, 0) is 71.2 Å². The Balaban J connectivity index is 1.78. The fraction of sp³-hybridized carbons (Fsp3) is 0.182. The van der Waals surface area contributed by atoms with Crippen molar-refractivity contribution in [2.45, 2.75) is 27.0 Å². The highest BCUT2D eigenvalue weighted by atomic mass is 79.9. The van der Waals surface area contributed by atoms with E-state index in [-0.39, 0.29) is 0 Å². The van der Waals surface area contributed by atoms with Gasteiger partial charge in [0.1, 0.15) is 12.4 Å². The van der Waals surface area contributed by atoms with E-state index in [2.05, 4.69) is 75.3 Å². The van der Waals surface area contributed by atoms with Crippen LogP contribution in [0.1, 0.15) is 22.3 Å². The van der Waals surface area contributed by atoms with Gasteiger partial charge in [-0.1, -0.05) is 57.4 Å². The largest absolute Gasteiger partial charge is 0.487 e. The Bertz CT molecular complexity index is 942. The zero-order valence-corrected chi connectivity index (χ0v) is 19.1. The third-order valence-electron chi connectivity index (χ3n) is 4.23. The second-order valence-electron chi connectivity index (χ2n) is 6.46. The van der Waals surface area contributed by atoms with Crippen molar-refractivity contribution in [2.75, 3.05) is 5.32 Å². The maximum Gasteiger partial charge on any atom is 0.139 e. The minimum atomic E-state index is 0.480. The fourth-order valence-electron chi connectivity index (χ4n) is 2.85. The molecule has 0 aliphatic carbocycles. The van der Waals surface area contributed by atoms with Crippen molar-refractivity contribution < 1.29 is 4.74 Å². The third-order valence-corrected chi connectivity index (χ3v) is 5.53. The molecular formula is C22H20Br2ClNO. The summed E-state index contributed by atoms with van der Waals surface area (Å²) < 4.78 is 8.06. The Morgan fingerprint density at radius 3 is 2.41 bits per heavy atom. The molecule has 27 heavy (non-hydrogen) atoms. The molecule has 0 saturated heterocycles. The van der Waals surface area contributed by atoms with Crippen LogP contribution in [0, 0.1) is 13.8 Å². The molecule has 0 amide bonds. The van der Waals surface area contributed by atoms with Gasteiger partial charge < -0.3 is 10.1 Å². The van der Waals surface area contributed by atoms with Crippen LogP contribution in [0.5, 0.6) is 5.75 Å². The van der Waals surface area contributed by atoms with Crippen molar-refractivity contribution in [1.82, 2.24) is 0 Å². The number of rotatable bonds is 6. The molecule has 0 heterocycles. The van der Waals surface area contributed by atoms with Crippen LogP contribution < -0.4 is 10.1 Å². The fourth-order valence-corrected chi connectivity index (χ4v) is 4.40. The molecule has 0 bridgehead atoms. The van der Waals surface area contributed by atoms with Crippen LogP contribution in [0.2, 0.25) is 5.02 Å². The van der Waals surface area contributed by atoms with Crippen molar-refractivity contribution in [2.24, 2.45) is 0 Å². The molecule has 0 spiro atoms. The number of nitrogens with one attached hydrogen (secondary N) is 1. The van der Waals surface area contributed by atoms with Gasteiger partial charge in [0.05, 0.1) is 4.47 Å². The topological polar surface area (TPSA) is 21.3 Å². The number of hydrogen-bond acceptors (Lipinski definition) is 2. The van der Waals surface area contributed by atoms with Gasteiger partial charge in [0, 0.05) is 27.3 Å². The van der Waals surface area contributed by atoms with Crippen molar-refractivity contribution in [3.8, 4) is 5.75 Å².